The summed E-state index contributed by atoms with van der Waals surface area (Å²) in [6.45, 7) is 2.39. The van der Waals surface area contributed by atoms with E-state index in [0.29, 0.717) is 30.7 Å². The van der Waals surface area contributed by atoms with Crippen LogP contribution in [0.15, 0.2) is 53.3 Å². The molecule has 2 atom stereocenters. The van der Waals surface area contributed by atoms with Crippen molar-refractivity contribution in [3.8, 4) is 0 Å². The molecular formula is C21H21FN4O2. The van der Waals surface area contributed by atoms with Gasteiger partial charge in [0.05, 0.1) is 23.0 Å². The first-order valence-corrected chi connectivity index (χ1v) is 9.30. The summed E-state index contributed by atoms with van der Waals surface area (Å²) in [5.41, 5.74) is 6.83. The third-order valence-electron chi connectivity index (χ3n) is 5.39. The molecule has 2 amide bonds. The summed E-state index contributed by atoms with van der Waals surface area (Å²) in [4.78, 5) is 31.5. The molecule has 0 saturated heterocycles. The Balaban J connectivity index is 1.85. The van der Waals surface area contributed by atoms with Crippen LogP contribution in [-0.4, -0.2) is 20.5 Å². The minimum absolute atomic E-state index is 0.242. The van der Waals surface area contributed by atoms with Gasteiger partial charge in [0.25, 0.3) is 5.56 Å². The number of rotatable bonds is 3. The molecule has 0 radical (unpaired) electrons. The van der Waals surface area contributed by atoms with Gasteiger partial charge in [-0.15, -0.1) is 0 Å². The van der Waals surface area contributed by atoms with Crippen LogP contribution in [0, 0.1) is 5.82 Å². The van der Waals surface area contributed by atoms with E-state index in [-0.39, 0.29) is 17.0 Å². The van der Waals surface area contributed by atoms with Crippen LogP contribution in [0.2, 0.25) is 0 Å². The monoisotopic (exact) mass is 380 g/mol. The van der Waals surface area contributed by atoms with Gasteiger partial charge in [0.15, 0.2) is 0 Å². The first kappa shape index (κ1) is 18.2. The predicted molar refractivity (Wildman–Crippen MR) is 104 cm³/mol. The molecule has 28 heavy (non-hydrogen) atoms. The van der Waals surface area contributed by atoms with E-state index < -0.39 is 17.9 Å². The fourth-order valence-corrected chi connectivity index (χ4v) is 4.02. The maximum absolute atomic E-state index is 13.6. The van der Waals surface area contributed by atoms with Crippen molar-refractivity contribution in [3.63, 3.8) is 0 Å². The van der Waals surface area contributed by atoms with Crippen LogP contribution in [0.1, 0.15) is 43.2 Å². The van der Waals surface area contributed by atoms with Crippen LogP contribution in [0.3, 0.4) is 0 Å². The molecule has 2 unspecified atom stereocenters. The SMILES string of the molecule is CC(c1ccccc1)N(C(N)=O)C1CCCn2c1nc1ccc(F)cc1c2=O. The number of carbonyl (C=O) groups excluding carboxylic acids is 1. The molecule has 0 saturated carbocycles. The summed E-state index contributed by atoms with van der Waals surface area (Å²) >= 11 is 0. The zero-order chi connectivity index (χ0) is 19.8. The van der Waals surface area contributed by atoms with Crippen molar-refractivity contribution in [2.24, 2.45) is 5.73 Å². The fourth-order valence-electron chi connectivity index (χ4n) is 4.02. The summed E-state index contributed by atoms with van der Waals surface area (Å²) in [6, 6.07) is 12.3. The quantitative estimate of drug-likeness (QED) is 0.755. The van der Waals surface area contributed by atoms with Gasteiger partial charge >= 0.3 is 6.03 Å². The molecule has 0 bridgehead atoms. The number of halogens is 1. The van der Waals surface area contributed by atoms with Gasteiger partial charge in [-0.2, -0.15) is 0 Å². The van der Waals surface area contributed by atoms with E-state index in [4.69, 9.17) is 5.73 Å². The Morgan fingerprint density at radius 2 is 2.04 bits per heavy atom. The van der Waals surface area contributed by atoms with Crippen molar-refractivity contribution in [1.29, 1.82) is 0 Å². The second kappa shape index (κ2) is 7.07. The number of nitrogens with two attached hydrogens (primary N) is 1. The van der Waals surface area contributed by atoms with Crippen LogP contribution in [0.4, 0.5) is 9.18 Å². The van der Waals surface area contributed by atoms with Gasteiger partial charge < -0.3 is 10.6 Å². The lowest BCUT2D eigenvalue weighted by Crippen LogP contribution is -2.44. The maximum atomic E-state index is 13.6. The number of benzene rings is 2. The number of urea groups is 1. The zero-order valence-electron chi connectivity index (χ0n) is 15.5. The van der Waals surface area contributed by atoms with E-state index in [0.717, 1.165) is 5.56 Å². The highest BCUT2D eigenvalue weighted by Crippen LogP contribution is 2.35. The Morgan fingerprint density at radius 1 is 1.29 bits per heavy atom. The smallest absolute Gasteiger partial charge is 0.315 e. The lowest BCUT2D eigenvalue weighted by atomic mass is 9.99. The normalized spacial score (nSPS) is 17.1. The van der Waals surface area contributed by atoms with E-state index >= 15 is 0 Å². The molecule has 2 heterocycles. The molecule has 3 aromatic rings. The molecule has 6 nitrogen and oxygen atoms in total. The summed E-state index contributed by atoms with van der Waals surface area (Å²) < 4.78 is 15.2. The molecular weight excluding hydrogens is 359 g/mol. The Kier molecular flexibility index (Phi) is 4.58. The van der Waals surface area contributed by atoms with Gasteiger partial charge in [0.1, 0.15) is 11.6 Å². The third-order valence-corrected chi connectivity index (χ3v) is 5.39. The molecule has 0 spiro atoms. The summed E-state index contributed by atoms with van der Waals surface area (Å²) in [6.07, 6.45) is 1.35. The zero-order valence-corrected chi connectivity index (χ0v) is 15.5. The van der Waals surface area contributed by atoms with Gasteiger partial charge in [-0.3, -0.25) is 9.36 Å². The van der Waals surface area contributed by atoms with Gasteiger partial charge in [0, 0.05) is 6.54 Å². The second-order valence-electron chi connectivity index (χ2n) is 7.08. The summed E-state index contributed by atoms with van der Waals surface area (Å²) in [7, 11) is 0. The van der Waals surface area contributed by atoms with Crippen LogP contribution >= 0.6 is 0 Å². The number of amides is 2. The van der Waals surface area contributed by atoms with Gasteiger partial charge in [-0.1, -0.05) is 30.3 Å². The lowest BCUT2D eigenvalue weighted by molar-refractivity contribution is 0.136. The largest absolute Gasteiger partial charge is 0.351 e. The number of hydrogen-bond donors (Lipinski definition) is 1. The molecule has 2 aromatic carbocycles. The standard InChI is InChI=1S/C21H21FN4O2/c1-13(14-6-3-2-4-7-14)26(21(23)28)18-8-5-11-25-19(18)24-17-10-9-15(22)12-16(17)20(25)27/h2-4,6-7,9-10,12-13,18H,5,8,11H2,1H3,(H2,23,28). The minimum Gasteiger partial charge on any atom is -0.351 e. The van der Waals surface area contributed by atoms with Gasteiger partial charge in [-0.25, -0.2) is 14.2 Å². The molecule has 2 N–H and O–H groups in total. The van der Waals surface area contributed by atoms with Crippen molar-refractivity contribution < 1.29 is 9.18 Å². The highest BCUT2D eigenvalue weighted by molar-refractivity contribution is 5.78. The van der Waals surface area contributed by atoms with Crippen molar-refractivity contribution in [2.45, 2.75) is 38.4 Å². The van der Waals surface area contributed by atoms with Crippen molar-refractivity contribution in [2.75, 3.05) is 0 Å². The Bertz CT molecular complexity index is 1100. The number of carbonyl (C=O) groups is 1. The Labute approximate surface area is 161 Å². The second-order valence-corrected chi connectivity index (χ2v) is 7.08. The van der Waals surface area contributed by atoms with Crippen LogP contribution < -0.4 is 11.3 Å². The average molecular weight is 380 g/mol. The van der Waals surface area contributed by atoms with Crippen molar-refractivity contribution >= 4 is 16.9 Å². The first-order valence-electron chi connectivity index (χ1n) is 9.30. The highest BCUT2D eigenvalue weighted by Gasteiger charge is 2.34. The van der Waals surface area contributed by atoms with Crippen molar-refractivity contribution in [3.05, 3.63) is 76.1 Å². The van der Waals surface area contributed by atoms with Crippen LogP contribution in [-0.2, 0) is 6.54 Å². The molecule has 0 aliphatic carbocycles. The highest BCUT2D eigenvalue weighted by atomic mass is 19.1. The van der Waals surface area contributed by atoms with Crippen LogP contribution in [0.25, 0.3) is 10.9 Å². The molecule has 1 aromatic heterocycles. The maximum Gasteiger partial charge on any atom is 0.315 e. The number of aromatic nitrogens is 2. The van der Waals surface area contributed by atoms with Crippen LogP contribution in [0.5, 0.6) is 0 Å². The molecule has 7 heteroatoms. The Hall–Kier alpha value is -3.22. The fraction of sp³-hybridized carbons (Fsp3) is 0.286. The number of nitrogens with zero attached hydrogens (tertiary/aromatic N) is 3. The lowest BCUT2D eigenvalue weighted by Gasteiger charge is -2.38. The molecule has 1 aliphatic heterocycles. The topological polar surface area (TPSA) is 81.2 Å². The number of hydrogen-bond acceptors (Lipinski definition) is 3. The minimum atomic E-state index is -0.566. The number of fused-ring (bicyclic) bond motifs is 2. The first-order chi connectivity index (χ1) is 13.5. The van der Waals surface area contributed by atoms with E-state index in [1.165, 1.54) is 18.2 Å². The molecule has 0 fully saturated rings. The predicted octanol–water partition coefficient (Wildman–Crippen LogP) is 3.51. The van der Waals surface area contributed by atoms with E-state index in [2.05, 4.69) is 4.98 Å². The Morgan fingerprint density at radius 3 is 2.75 bits per heavy atom. The van der Waals surface area contributed by atoms with Crippen molar-refractivity contribution in [1.82, 2.24) is 14.5 Å². The summed E-state index contributed by atoms with van der Waals surface area (Å²) in [5, 5.41) is 0.242. The van der Waals surface area contributed by atoms with E-state index in [1.54, 1.807) is 9.47 Å². The molecule has 144 valence electrons. The van der Waals surface area contributed by atoms with Gasteiger partial charge in [-0.05, 0) is 43.5 Å². The van der Waals surface area contributed by atoms with E-state index in [1.807, 2.05) is 37.3 Å². The van der Waals surface area contributed by atoms with E-state index in [9.17, 15) is 14.0 Å². The number of primary amides is 1. The summed E-state index contributed by atoms with van der Waals surface area (Å²) in [5.74, 6) is 0.0210. The van der Waals surface area contributed by atoms with Gasteiger partial charge in [0.2, 0.25) is 0 Å². The third kappa shape index (κ3) is 3.02. The molecule has 4 rings (SSSR count). The molecule has 1 aliphatic rings. The average Bonchev–Trinajstić information content (AvgIpc) is 2.70.